The average molecular weight is 284 g/mol. The topological polar surface area (TPSA) is 40.5 Å². The third kappa shape index (κ3) is 1.99. The fourth-order valence-corrected chi connectivity index (χ4v) is 2.35. The number of rotatable bonds is 4. The van der Waals surface area contributed by atoms with E-state index < -0.39 is 6.23 Å². The third-order valence-electron chi connectivity index (χ3n) is 2.81. The molecule has 86 valence electrons. The molecular weight excluding hydrogens is 270 g/mol. The molecule has 16 heavy (non-hydrogen) atoms. The lowest BCUT2D eigenvalue weighted by Crippen LogP contribution is -2.29. The minimum absolute atomic E-state index is 0.0577. The van der Waals surface area contributed by atoms with Gasteiger partial charge in [-0.15, -0.1) is 0 Å². The second-order valence-electron chi connectivity index (χ2n) is 3.86. The Hall–Kier alpha value is -0.870. The van der Waals surface area contributed by atoms with Crippen molar-refractivity contribution in [1.82, 2.24) is 4.90 Å². The minimum atomic E-state index is -0.765. The normalized spacial score (nSPS) is 19.0. The van der Waals surface area contributed by atoms with Gasteiger partial charge in [-0.05, 0) is 18.9 Å². The van der Waals surface area contributed by atoms with E-state index in [-0.39, 0.29) is 5.91 Å². The Bertz CT molecular complexity index is 394. The maximum atomic E-state index is 12.0. The van der Waals surface area contributed by atoms with E-state index in [1.165, 1.54) is 4.90 Å². The summed E-state index contributed by atoms with van der Waals surface area (Å²) in [5, 5.41) is 10.9. The molecule has 4 heteroatoms. The van der Waals surface area contributed by atoms with Crippen molar-refractivity contribution in [3.63, 3.8) is 0 Å². The summed E-state index contributed by atoms with van der Waals surface area (Å²) < 4.78 is 0. The zero-order chi connectivity index (χ0) is 11.5. The predicted octanol–water partition coefficient (Wildman–Crippen LogP) is 2.31. The highest BCUT2D eigenvalue weighted by Gasteiger charge is 2.34. The molecule has 2 rings (SSSR count). The van der Waals surface area contributed by atoms with Crippen molar-refractivity contribution in [2.45, 2.75) is 19.1 Å². The number of unbranched alkanes of at least 4 members (excludes halogenated alkanes) is 1. The van der Waals surface area contributed by atoms with Gasteiger partial charge >= 0.3 is 0 Å². The standard InChI is InChI=1S/C12H14BrNO2/c13-7-3-4-8-14-11(15)9-5-1-2-6-10(9)12(14)16/h1-2,5-6,11,15H,3-4,7-8H2. The summed E-state index contributed by atoms with van der Waals surface area (Å²) in [6, 6.07) is 7.25. The second kappa shape index (κ2) is 4.97. The van der Waals surface area contributed by atoms with Gasteiger partial charge in [-0.25, -0.2) is 0 Å². The number of aliphatic hydroxyl groups excluding tert-OH is 1. The number of halogens is 1. The lowest BCUT2D eigenvalue weighted by molar-refractivity contribution is 0.0172. The Balaban J connectivity index is 2.12. The highest BCUT2D eigenvalue weighted by molar-refractivity contribution is 9.09. The Morgan fingerprint density at radius 2 is 2.06 bits per heavy atom. The van der Waals surface area contributed by atoms with E-state index in [1.54, 1.807) is 6.07 Å². The molecule has 0 aliphatic carbocycles. The van der Waals surface area contributed by atoms with E-state index in [9.17, 15) is 9.90 Å². The molecule has 1 aliphatic rings. The molecule has 0 saturated carbocycles. The van der Waals surface area contributed by atoms with Crippen LogP contribution in [-0.4, -0.2) is 27.8 Å². The number of nitrogens with zero attached hydrogens (tertiary/aromatic N) is 1. The summed E-state index contributed by atoms with van der Waals surface area (Å²) in [6.07, 6.45) is 1.15. The van der Waals surface area contributed by atoms with Gasteiger partial charge in [0.25, 0.3) is 5.91 Å². The zero-order valence-electron chi connectivity index (χ0n) is 8.90. The molecular formula is C12H14BrNO2. The van der Waals surface area contributed by atoms with Crippen molar-refractivity contribution in [3.8, 4) is 0 Å². The molecule has 1 aromatic rings. The van der Waals surface area contributed by atoms with Crippen LogP contribution >= 0.6 is 15.9 Å². The van der Waals surface area contributed by atoms with Crippen molar-refractivity contribution in [2.24, 2.45) is 0 Å². The van der Waals surface area contributed by atoms with Gasteiger partial charge in [-0.2, -0.15) is 0 Å². The Labute approximate surface area is 103 Å². The van der Waals surface area contributed by atoms with Crippen molar-refractivity contribution in [3.05, 3.63) is 35.4 Å². The first-order chi connectivity index (χ1) is 7.75. The Morgan fingerprint density at radius 1 is 1.31 bits per heavy atom. The largest absolute Gasteiger partial charge is 0.369 e. The number of hydrogen-bond acceptors (Lipinski definition) is 2. The van der Waals surface area contributed by atoms with Crippen LogP contribution in [-0.2, 0) is 0 Å². The van der Waals surface area contributed by atoms with Crippen molar-refractivity contribution in [1.29, 1.82) is 0 Å². The summed E-state index contributed by atoms with van der Waals surface area (Å²) in [5.41, 5.74) is 1.36. The van der Waals surface area contributed by atoms with Crippen LogP contribution in [0.25, 0.3) is 0 Å². The summed E-state index contributed by atoms with van der Waals surface area (Å²) in [7, 11) is 0. The number of amides is 1. The number of carbonyl (C=O) groups excluding carboxylic acids is 1. The molecule has 0 aromatic heterocycles. The smallest absolute Gasteiger partial charge is 0.256 e. The van der Waals surface area contributed by atoms with E-state index in [0.29, 0.717) is 12.1 Å². The van der Waals surface area contributed by atoms with Crippen molar-refractivity contribution < 1.29 is 9.90 Å². The summed E-state index contributed by atoms with van der Waals surface area (Å²) in [5.74, 6) is -0.0577. The fourth-order valence-electron chi connectivity index (χ4n) is 1.95. The van der Waals surface area contributed by atoms with Crippen molar-refractivity contribution in [2.75, 3.05) is 11.9 Å². The van der Waals surface area contributed by atoms with Crippen LogP contribution in [0.1, 0.15) is 35.0 Å². The van der Waals surface area contributed by atoms with Gasteiger partial charge < -0.3 is 10.0 Å². The number of aliphatic hydroxyl groups is 1. The second-order valence-corrected chi connectivity index (χ2v) is 4.65. The molecule has 0 spiro atoms. The molecule has 1 heterocycles. The van der Waals surface area contributed by atoms with Gasteiger partial charge in [0, 0.05) is 23.0 Å². The predicted molar refractivity (Wildman–Crippen MR) is 65.5 cm³/mol. The summed E-state index contributed by atoms with van der Waals surface area (Å²) in [4.78, 5) is 13.5. The molecule has 1 atom stereocenters. The van der Waals surface area contributed by atoms with Gasteiger partial charge in [-0.3, -0.25) is 4.79 Å². The highest BCUT2D eigenvalue weighted by Crippen LogP contribution is 2.31. The van der Waals surface area contributed by atoms with Gasteiger partial charge in [0.05, 0.1) is 0 Å². The Morgan fingerprint density at radius 3 is 2.75 bits per heavy atom. The van der Waals surface area contributed by atoms with Crippen LogP contribution in [0.5, 0.6) is 0 Å². The molecule has 1 N–H and O–H groups in total. The van der Waals surface area contributed by atoms with Crippen LogP contribution in [0.3, 0.4) is 0 Å². The maximum Gasteiger partial charge on any atom is 0.256 e. The molecule has 1 amide bonds. The highest BCUT2D eigenvalue weighted by atomic mass is 79.9. The lowest BCUT2D eigenvalue weighted by Gasteiger charge is -2.20. The first-order valence-electron chi connectivity index (χ1n) is 5.39. The van der Waals surface area contributed by atoms with E-state index in [1.807, 2.05) is 18.2 Å². The SMILES string of the molecule is O=C1c2ccccc2C(O)N1CCCCBr. The van der Waals surface area contributed by atoms with Crippen LogP contribution in [0, 0.1) is 0 Å². The molecule has 0 bridgehead atoms. The quantitative estimate of drug-likeness (QED) is 0.681. The molecule has 0 fully saturated rings. The monoisotopic (exact) mass is 283 g/mol. The van der Waals surface area contributed by atoms with Crippen LogP contribution < -0.4 is 0 Å². The number of fused-ring (bicyclic) bond motifs is 1. The summed E-state index contributed by atoms with van der Waals surface area (Å²) in [6.45, 7) is 0.611. The Kier molecular flexibility index (Phi) is 3.61. The van der Waals surface area contributed by atoms with Gasteiger partial charge in [0.1, 0.15) is 0 Å². The number of carbonyl (C=O) groups is 1. The van der Waals surface area contributed by atoms with E-state index in [0.717, 1.165) is 23.7 Å². The number of alkyl halides is 1. The fraction of sp³-hybridized carbons (Fsp3) is 0.417. The van der Waals surface area contributed by atoms with Crippen molar-refractivity contribution >= 4 is 21.8 Å². The molecule has 1 aliphatic heterocycles. The third-order valence-corrected chi connectivity index (χ3v) is 3.37. The van der Waals surface area contributed by atoms with Crippen LogP contribution in [0.2, 0.25) is 0 Å². The van der Waals surface area contributed by atoms with Crippen LogP contribution in [0.4, 0.5) is 0 Å². The summed E-state index contributed by atoms with van der Waals surface area (Å²) >= 11 is 3.35. The van der Waals surface area contributed by atoms with Gasteiger partial charge in [-0.1, -0.05) is 34.1 Å². The molecule has 3 nitrogen and oxygen atoms in total. The molecule has 1 aromatic carbocycles. The van der Waals surface area contributed by atoms with E-state index in [4.69, 9.17) is 0 Å². The lowest BCUT2D eigenvalue weighted by atomic mass is 10.1. The molecule has 1 unspecified atom stereocenters. The minimum Gasteiger partial charge on any atom is -0.369 e. The molecule has 0 saturated heterocycles. The van der Waals surface area contributed by atoms with E-state index >= 15 is 0 Å². The first kappa shape index (κ1) is 11.6. The van der Waals surface area contributed by atoms with Gasteiger partial charge in [0.2, 0.25) is 0 Å². The average Bonchev–Trinajstić information content (AvgIpc) is 2.55. The van der Waals surface area contributed by atoms with Crippen LogP contribution in [0.15, 0.2) is 24.3 Å². The number of benzene rings is 1. The maximum absolute atomic E-state index is 12.0. The van der Waals surface area contributed by atoms with E-state index in [2.05, 4.69) is 15.9 Å². The first-order valence-corrected chi connectivity index (χ1v) is 6.52. The zero-order valence-corrected chi connectivity index (χ0v) is 10.5. The van der Waals surface area contributed by atoms with Gasteiger partial charge in [0.15, 0.2) is 6.23 Å². The molecule has 0 radical (unpaired) electrons. The number of hydrogen-bond donors (Lipinski definition) is 1.